The van der Waals surface area contributed by atoms with Gasteiger partial charge in [0.2, 0.25) is 0 Å². The molecule has 0 bridgehead atoms. The largest absolute Gasteiger partial charge is 0.493 e. The van der Waals surface area contributed by atoms with Crippen molar-refractivity contribution in [3.8, 4) is 11.5 Å². The van der Waals surface area contributed by atoms with E-state index < -0.39 is 18.0 Å². The summed E-state index contributed by atoms with van der Waals surface area (Å²) < 4.78 is 15.9. The summed E-state index contributed by atoms with van der Waals surface area (Å²) in [6.07, 6.45) is 1.80. The van der Waals surface area contributed by atoms with E-state index in [-0.39, 0.29) is 5.78 Å². The molecule has 0 aromatic heterocycles. The molecule has 2 rings (SSSR count). The van der Waals surface area contributed by atoms with Crippen LogP contribution in [0, 0.1) is 0 Å². The first-order valence-electron chi connectivity index (χ1n) is 9.45. The number of methoxy groups -OCH3 is 1. The number of amides is 1. The first-order chi connectivity index (χ1) is 14.3. The summed E-state index contributed by atoms with van der Waals surface area (Å²) in [6.45, 7) is 5.33. The van der Waals surface area contributed by atoms with Crippen LogP contribution in [0.15, 0.2) is 48.5 Å². The highest BCUT2D eigenvalue weighted by Crippen LogP contribution is 2.28. The van der Waals surface area contributed by atoms with Crippen LogP contribution in [-0.4, -0.2) is 37.5 Å². The van der Waals surface area contributed by atoms with E-state index in [1.807, 2.05) is 6.92 Å². The maximum Gasteiger partial charge on any atom is 0.331 e. The summed E-state index contributed by atoms with van der Waals surface area (Å²) in [7, 11) is 1.54. The smallest absolute Gasteiger partial charge is 0.331 e. The van der Waals surface area contributed by atoms with Crippen LogP contribution < -0.4 is 14.8 Å². The molecular weight excluding hydrogens is 386 g/mol. The van der Waals surface area contributed by atoms with E-state index in [2.05, 4.69) is 5.32 Å². The van der Waals surface area contributed by atoms with E-state index >= 15 is 0 Å². The second-order valence-corrected chi connectivity index (χ2v) is 6.38. The lowest BCUT2D eigenvalue weighted by atomic mass is 10.1. The van der Waals surface area contributed by atoms with Gasteiger partial charge >= 0.3 is 5.97 Å². The zero-order valence-electron chi connectivity index (χ0n) is 17.4. The van der Waals surface area contributed by atoms with Crippen molar-refractivity contribution in [1.82, 2.24) is 0 Å². The fourth-order valence-corrected chi connectivity index (χ4v) is 2.53. The maximum atomic E-state index is 12.2. The van der Waals surface area contributed by atoms with Crippen molar-refractivity contribution in [3.63, 3.8) is 0 Å². The number of Topliss-reactive ketones (excluding diaryl/α,β-unsaturated/α-hetero) is 1. The molecule has 0 aliphatic carbocycles. The van der Waals surface area contributed by atoms with Crippen molar-refractivity contribution >= 4 is 29.4 Å². The average molecular weight is 411 g/mol. The molecule has 0 heterocycles. The molecule has 1 N–H and O–H groups in total. The molecule has 0 aliphatic rings. The Balaban J connectivity index is 1.93. The van der Waals surface area contributed by atoms with E-state index in [1.165, 1.54) is 27.0 Å². The number of carbonyl (C=O) groups excluding carboxylic acids is 3. The van der Waals surface area contributed by atoms with Gasteiger partial charge in [-0.1, -0.05) is 6.07 Å². The van der Waals surface area contributed by atoms with Gasteiger partial charge in [0.05, 0.1) is 13.7 Å². The monoisotopic (exact) mass is 411 g/mol. The molecule has 0 saturated carbocycles. The van der Waals surface area contributed by atoms with Crippen molar-refractivity contribution in [3.05, 3.63) is 59.7 Å². The topological polar surface area (TPSA) is 90.9 Å². The van der Waals surface area contributed by atoms with Crippen LogP contribution in [0.2, 0.25) is 0 Å². The minimum Gasteiger partial charge on any atom is -0.493 e. The van der Waals surface area contributed by atoms with E-state index in [1.54, 1.807) is 48.5 Å². The van der Waals surface area contributed by atoms with Gasteiger partial charge in [-0.3, -0.25) is 9.59 Å². The summed E-state index contributed by atoms with van der Waals surface area (Å²) >= 11 is 0. The lowest BCUT2D eigenvalue weighted by Crippen LogP contribution is -2.29. The van der Waals surface area contributed by atoms with Crippen molar-refractivity contribution < 1.29 is 28.6 Å². The van der Waals surface area contributed by atoms with Crippen LogP contribution in [0.1, 0.15) is 36.7 Å². The summed E-state index contributed by atoms with van der Waals surface area (Å²) in [5.41, 5.74) is 1.77. The van der Waals surface area contributed by atoms with Crippen molar-refractivity contribution in [2.24, 2.45) is 0 Å². The molecule has 0 saturated heterocycles. The summed E-state index contributed by atoms with van der Waals surface area (Å²) in [5.74, 6) is -0.0307. The number of anilines is 1. The third kappa shape index (κ3) is 6.48. The molecule has 0 fully saturated rings. The molecular formula is C23H25NO6. The van der Waals surface area contributed by atoms with E-state index in [0.717, 1.165) is 5.56 Å². The molecule has 1 atom stereocenters. The van der Waals surface area contributed by atoms with Crippen LogP contribution in [0.4, 0.5) is 5.69 Å². The Hall–Kier alpha value is -3.61. The van der Waals surface area contributed by atoms with Crippen LogP contribution in [0.3, 0.4) is 0 Å². The van der Waals surface area contributed by atoms with Gasteiger partial charge < -0.3 is 19.5 Å². The van der Waals surface area contributed by atoms with Crippen molar-refractivity contribution in [2.45, 2.75) is 26.9 Å². The number of esters is 1. The molecule has 7 heteroatoms. The third-order valence-corrected chi connectivity index (χ3v) is 4.12. The lowest BCUT2D eigenvalue weighted by Gasteiger charge is -2.12. The minimum absolute atomic E-state index is 0.0629. The van der Waals surface area contributed by atoms with Gasteiger partial charge in [-0.25, -0.2) is 4.79 Å². The highest BCUT2D eigenvalue weighted by Gasteiger charge is 2.17. The fraction of sp³-hybridized carbons (Fsp3) is 0.261. The number of rotatable bonds is 9. The number of benzene rings is 2. The van der Waals surface area contributed by atoms with E-state index in [9.17, 15) is 14.4 Å². The number of hydrogen-bond acceptors (Lipinski definition) is 6. The van der Waals surface area contributed by atoms with Crippen molar-refractivity contribution in [1.29, 1.82) is 0 Å². The molecule has 2 aromatic carbocycles. The summed E-state index contributed by atoms with van der Waals surface area (Å²) in [4.78, 5) is 35.5. The number of ketones is 1. The molecule has 2 aromatic rings. The predicted octanol–water partition coefficient (Wildman–Crippen LogP) is 3.88. The lowest BCUT2D eigenvalue weighted by molar-refractivity contribution is -0.148. The number of hydrogen-bond donors (Lipinski definition) is 1. The Kier molecular flexibility index (Phi) is 8.17. The second-order valence-electron chi connectivity index (χ2n) is 6.38. The molecule has 1 amide bonds. The Bertz CT molecular complexity index is 933. The summed E-state index contributed by atoms with van der Waals surface area (Å²) in [5, 5.41) is 2.64. The maximum absolute atomic E-state index is 12.2. The van der Waals surface area contributed by atoms with Gasteiger partial charge in [0.1, 0.15) is 0 Å². The van der Waals surface area contributed by atoms with Gasteiger partial charge in [-0.05, 0) is 68.8 Å². The number of nitrogens with one attached hydrogen (secondary N) is 1. The van der Waals surface area contributed by atoms with E-state index in [4.69, 9.17) is 14.2 Å². The zero-order chi connectivity index (χ0) is 22.1. The van der Waals surface area contributed by atoms with Crippen LogP contribution in [0.5, 0.6) is 11.5 Å². The number of carbonyl (C=O) groups is 3. The highest BCUT2D eigenvalue weighted by atomic mass is 16.5. The molecule has 0 spiro atoms. The minimum atomic E-state index is -0.996. The molecule has 30 heavy (non-hydrogen) atoms. The van der Waals surface area contributed by atoms with Gasteiger partial charge in [0.25, 0.3) is 5.91 Å². The normalized spacial score (nSPS) is 11.6. The van der Waals surface area contributed by atoms with Gasteiger partial charge in [-0.15, -0.1) is 0 Å². The van der Waals surface area contributed by atoms with Gasteiger partial charge in [0.15, 0.2) is 23.4 Å². The molecule has 0 unspecified atom stereocenters. The Morgan fingerprint density at radius 2 is 1.77 bits per heavy atom. The highest BCUT2D eigenvalue weighted by molar-refractivity contribution is 5.98. The first kappa shape index (κ1) is 22.7. The molecule has 0 radical (unpaired) electrons. The Morgan fingerprint density at radius 3 is 2.37 bits per heavy atom. The van der Waals surface area contributed by atoms with Crippen LogP contribution in [-0.2, 0) is 14.3 Å². The average Bonchev–Trinajstić information content (AvgIpc) is 2.73. The van der Waals surface area contributed by atoms with Gasteiger partial charge in [-0.2, -0.15) is 0 Å². The standard InChI is InChI=1S/C23H25NO6/c1-5-29-20-12-6-17(14-21(20)28-4)7-13-22(26)30-16(3)23(27)24-19-10-8-18(9-11-19)15(2)25/h6-14,16H,5H2,1-4H3,(H,24,27)/b13-7+/t16-/m1/s1. The SMILES string of the molecule is CCOc1ccc(/C=C/C(=O)O[C@H](C)C(=O)Nc2ccc(C(C)=O)cc2)cc1OC. The van der Waals surface area contributed by atoms with Crippen LogP contribution in [0.25, 0.3) is 6.08 Å². The number of ether oxygens (including phenoxy) is 3. The zero-order valence-corrected chi connectivity index (χ0v) is 17.4. The third-order valence-electron chi connectivity index (χ3n) is 4.12. The van der Waals surface area contributed by atoms with E-state index in [0.29, 0.717) is 29.4 Å². The molecule has 0 aliphatic heterocycles. The quantitative estimate of drug-likeness (QED) is 0.383. The fourth-order valence-electron chi connectivity index (χ4n) is 2.53. The Morgan fingerprint density at radius 1 is 1.07 bits per heavy atom. The Labute approximate surface area is 175 Å². The first-order valence-corrected chi connectivity index (χ1v) is 9.45. The van der Waals surface area contributed by atoms with Gasteiger partial charge in [0, 0.05) is 17.3 Å². The van der Waals surface area contributed by atoms with Crippen LogP contribution >= 0.6 is 0 Å². The summed E-state index contributed by atoms with van der Waals surface area (Å²) in [6, 6.07) is 11.7. The molecule has 7 nitrogen and oxygen atoms in total. The molecule has 158 valence electrons. The second kappa shape index (κ2) is 10.8. The predicted molar refractivity (Wildman–Crippen MR) is 114 cm³/mol. The van der Waals surface area contributed by atoms with Crippen molar-refractivity contribution in [2.75, 3.05) is 19.0 Å².